The van der Waals surface area contributed by atoms with Crippen LogP contribution in [0.5, 0.6) is 5.75 Å². The van der Waals surface area contributed by atoms with Gasteiger partial charge < -0.3 is 14.7 Å². The molecule has 1 N–H and O–H groups in total. The topological polar surface area (TPSA) is 66.8 Å². The van der Waals surface area contributed by atoms with E-state index in [4.69, 9.17) is 4.74 Å². The Hall–Kier alpha value is -3.86. The van der Waals surface area contributed by atoms with Crippen molar-refractivity contribution in [2.75, 3.05) is 13.7 Å². The van der Waals surface area contributed by atoms with Crippen molar-refractivity contribution in [3.63, 3.8) is 0 Å². The van der Waals surface area contributed by atoms with Gasteiger partial charge in [0.15, 0.2) is 0 Å². The first-order valence-corrected chi connectivity index (χ1v) is 10.5. The molecule has 0 aliphatic carbocycles. The molecule has 162 valence electrons. The number of hydrogen-bond donors (Lipinski definition) is 1. The number of ether oxygens (including phenoxy) is 1. The summed E-state index contributed by atoms with van der Waals surface area (Å²) in [5, 5.41) is 11.1. The van der Waals surface area contributed by atoms with Crippen molar-refractivity contribution < 1.29 is 19.4 Å². The Bertz CT molecular complexity index is 1150. The Morgan fingerprint density at radius 2 is 1.59 bits per heavy atom. The largest absolute Gasteiger partial charge is 0.507 e. The number of likely N-dealkylation sites (tertiary alicyclic amines) is 1. The van der Waals surface area contributed by atoms with Crippen LogP contribution in [-0.2, 0) is 16.0 Å². The molecule has 32 heavy (non-hydrogen) atoms. The minimum atomic E-state index is -0.669. The summed E-state index contributed by atoms with van der Waals surface area (Å²) in [7, 11) is 1.56. The quantitative estimate of drug-likeness (QED) is 0.353. The molecule has 1 saturated heterocycles. The summed E-state index contributed by atoms with van der Waals surface area (Å²) in [6.07, 6.45) is 0.610. The highest BCUT2D eigenvalue weighted by Gasteiger charge is 2.45. The van der Waals surface area contributed by atoms with Gasteiger partial charge in [0.05, 0.1) is 18.7 Å². The highest BCUT2D eigenvalue weighted by atomic mass is 16.5. The van der Waals surface area contributed by atoms with E-state index in [9.17, 15) is 14.7 Å². The Kier molecular flexibility index (Phi) is 6.08. The van der Waals surface area contributed by atoms with E-state index in [0.29, 0.717) is 24.3 Å². The van der Waals surface area contributed by atoms with Gasteiger partial charge in [-0.3, -0.25) is 9.59 Å². The van der Waals surface area contributed by atoms with Crippen molar-refractivity contribution in [3.05, 3.63) is 107 Å². The second kappa shape index (κ2) is 9.10. The van der Waals surface area contributed by atoms with Crippen molar-refractivity contribution >= 4 is 17.4 Å². The molecule has 0 bridgehead atoms. The van der Waals surface area contributed by atoms with Gasteiger partial charge in [-0.15, -0.1) is 0 Å². The lowest BCUT2D eigenvalue weighted by Crippen LogP contribution is -2.31. The third-order valence-corrected chi connectivity index (χ3v) is 5.78. The lowest BCUT2D eigenvalue weighted by molar-refractivity contribution is -0.139. The lowest BCUT2D eigenvalue weighted by Gasteiger charge is -2.25. The predicted molar refractivity (Wildman–Crippen MR) is 123 cm³/mol. The zero-order valence-corrected chi connectivity index (χ0v) is 18.1. The molecule has 4 rings (SSSR count). The zero-order valence-electron chi connectivity index (χ0n) is 18.1. The van der Waals surface area contributed by atoms with Crippen LogP contribution in [0, 0.1) is 6.92 Å². The number of hydrogen-bond acceptors (Lipinski definition) is 4. The van der Waals surface area contributed by atoms with Gasteiger partial charge in [0.1, 0.15) is 11.5 Å². The van der Waals surface area contributed by atoms with Crippen LogP contribution >= 0.6 is 0 Å². The molecule has 1 fully saturated rings. The zero-order chi connectivity index (χ0) is 22.7. The summed E-state index contributed by atoms with van der Waals surface area (Å²) in [5.41, 5.74) is 3.51. The summed E-state index contributed by atoms with van der Waals surface area (Å²) >= 11 is 0. The number of nitrogens with zero attached hydrogens (tertiary/aromatic N) is 1. The van der Waals surface area contributed by atoms with Gasteiger partial charge in [-0.2, -0.15) is 0 Å². The van der Waals surface area contributed by atoms with E-state index >= 15 is 0 Å². The molecule has 5 nitrogen and oxygen atoms in total. The maximum Gasteiger partial charge on any atom is 0.295 e. The van der Waals surface area contributed by atoms with Crippen LogP contribution in [0.4, 0.5) is 0 Å². The fourth-order valence-electron chi connectivity index (χ4n) is 4.00. The highest BCUT2D eigenvalue weighted by molar-refractivity contribution is 6.46. The number of carbonyl (C=O) groups is 2. The van der Waals surface area contributed by atoms with E-state index in [2.05, 4.69) is 0 Å². The summed E-state index contributed by atoms with van der Waals surface area (Å²) in [6.45, 7) is 2.35. The first-order valence-electron chi connectivity index (χ1n) is 10.5. The average Bonchev–Trinajstić information content (AvgIpc) is 3.08. The second-order valence-corrected chi connectivity index (χ2v) is 7.87. The molecular weight excluding hydrogens is 402 g/mol. The van der Waals surface area contributed by atoms with Gasteiger partial charge in [-0.05, 0) is 48.7 Å². The Balaban J connectivity index is 1.77. The molecular formula is C27H25NO4. The number of aliphatic hydroxyl groups is 1. The minimum Gasteiger partial charge on any atom is -0.507 e. The van der Waals surface area contributed by atoms with Crippen molar-refractivity contribution in [2.24, 2.45) is 0 Å². The van der Waals surface area contributed by atoms with Crippen LogP contribution in [0.15, 0.2) is 84.4 Å². The maximum absolute atomic E-state index is 13.1. The van der Waals surface area contributed by atoms with Gasteiger partial charge in [-0.25, -0.2) is 0 Å². The first kappa shape index (κ1) is 21.4. The average molecular weight is 428 g/mol. The highest BCUT2D eigenvalue weighted by Crippen LogP contribution is 2.39. The summed E-state index contributed by atoms with van der Waals surface area (Å²) in [4.78, 5) is 27.7. The minimum absolute atomic E-state index is 0.108. The van der Waals surface area contributed by atoms with Crippen LogP contribution in [0.1, 0.15) is 28.3 Å². The van der Waals surface area contributed by atoms with Crippen LogP contribution in [0.3, 0.4) is 0 Å². The molecule has 3 aromatic carbocycles. The van der Waals surface area contributed by atoms with E-state index < -0.39 is 17.7 Å². The first-order chi connectivity index (χ1) is 15.5. The predicted octanol–water partition coefficient (Wildman–Crippen LogP) is 4.67. The van der Waals surface area contributed by atoms with E-state index in [1.165, 1.54) is 0 Å². The second-order valence-electron chi connectivity index (χ2n) is 7.87. The van der Waals surface area contributed by atoms with Crippen LogP contribution < -0.4 is 4.74 Å². The maximum atomic E-state index is 13.1. The van der Waals surface area contributed by atoms with E-state index in [-0.39, 0.29) is 11.3 Å². The standard InChI is InChI=1S/C27H25NO4/c1-18-8-10-20(11-9-18)24-23(25(29)21-12-14-22(32-2)15-13-21)26(30)27(31)28(24)17-16-19-6-4-3-5-7-19/h3-15,24,29H,16-17H2,1-2H3/b25-23+. The summed E-state index contributed by atoms with van der Waals surface area (Å²) in [5.74, 6) is -0.808. The van der Waals surface area contributed by atoms with Crippen LogP contribution in [-0.4, -0.2) is 35.4 Å². The van der Waals surface area contributed by atoms with Crippen molar-refractivity contribution in [1.29, 1.82) is 0 Å². The number of methoxy groups -OCH3 is 1. The van der Waals surface area contributed by atoms with Crippen molar-refractivity contribution in [3.8, 4) is 5.75 Å². The molecule has 1 heterocycles. The Morgan fingerprint density at radius 3 is 2.22 bits per heavy atom. The molecule has 0 aromatic heterocycles. The fourth-order valence-corrected chi connectivity index (χ4v) is 4.00. The SMILES string of the molecule is COc1ccc(/C(O)=C2\C(=O)C(=O)N(CCc3ccccc3)C2c2ccc(C)cc2)cc1. The molecule has 1 amide bonds. The number of rotatable bonds is 6. The molecule has 0 radical (unpaired) electrons. The van der Waals surface area contributed by atoms with Gasteiger partial charge in [0.25, 0.3) is 11.7 Å². The number of benzene rings is 3. The van der Waals surface area contributed by atoms with Crippen molar-refractivity contribution in [1.82, 2.24) is 4.90 Å². The fraction of sp³-hybridized carbons (Fsp3) is 0.185. The van der Waals surface area contributed by atoms with Gasteiger partial charge >= 0.3 is 0 Å². The monoisotopic (exact) mass is 427 g/mol. The third-order valence-electron chi connectivity index (χ3n) is 5.78. The molecule has 1 atom stereocenters. The van der Waals surface area contributed by atoms with Gasteiger partial charge in [-0.1, -0.05) is 60.2 Å². The molecule has 5 heteroatoms. The number of ketones is 1. The molecule has 1 aliphatic rings. The number of amides is 1. The van der Waals surface area contributed by atoms with E-state index in [1.54, 1.807) is 36.3 Å². The summed E-state index contributed by atoms with van der Waals surface area (Å²) < 4.78 is 5.18. The molecule has 0 spiro atoms. The van der Waals surface area contributed by atoms with Gasteiger partial charge in [0.2, 0.25) is 0 Å². The van der Waals surface area contributed by atoms with Crippen LogP contribution in [0.2, 0.25) is 0 Å². The Morgan fingerprint density at radius 1 is 0.938 bits per heavy atom. The molecule has 0 saturated carbocycles. The Labute approximate surface area is 187 Å². The normalized spacial score (nSPS) is 17.6. The third kappa shape index (κ3) is 4.14. The number of aryl methyl sites for hydroxylation is 1. The number of aliphatic hydroxyl groups excluding tert-OH is 1. The molecule has 3 aromatic rings. The number of carbonyl (C=O) groups excluding carboxylic acids is 2. The van der Waals surface area contributed by atoms with E-state index in [1.807, 2.05) is 61.5 Å². The number of Topliss-reactive ketones (excluding diaryl/α,β-unsaturated/α-hetero) is 1. The molecule has 1 aliphatic heterocycles. The molecule has 1 unspecified atom stereocenters. The van der Waals surface area contributed by atoms with Gasteiger partial charge in [0, 0.05) is 12.1 Å². The smallest absolute Gasteiger partial charge is 0.295 e. The lowest BCUT2D eigenvalue weighted by atomic mass is 9.94. The van der Waals surface area contributed by atoms with E-state index in [0.717, 1.165) is 16.7 Å². The van der Waals surface area contributed by atoms with Crippen LogP contribution in [0.25, 0.3) is 5.76 Å². The summed E-state index contributed by atoms with van der Waals surface area (Å²) in [6, 6.07) is 23.7. The van der Waals surface area contributed by atoms with Crippen molar-refractivity contribution in [2.45, 2.75) is 19.4 Å².